The van der Waals surface area contributed by atoms with Gasteiger partial charge in [0.05, 0.1) is 6.20 Å². The first-order chi connectivity index (χ1) is 13.2. The van der Waals surface area contributed by atoms with Gasteiger partial charge in [-0.1, -0.05) is 23.7 Å². The smallest absolute Gasteiger partial charge is 0.230 e. The van der Waals surface area contributed by atoms with Crippen molar-refractivity contribution >= 4 is 0 Å². The number of aliphatic hydroxyl groups is 1. The van der Waals surface area contributed by atoms with Gasteiger partial charge in [0.2, 0.25) is 11.7 Å². The highest BCUT2D eigenvalue weighted by Gasteiger charge is 2.28. The minimum Gasteiger partial charge on any atom is -0.374 e. The zero-order chi connectivity index (χ0) is 18.4. The first-order valence-electron chi connectivity index (χ1n) is 9.57. The molecule has 1 saturated carbocycles. The van der Waals surface area contributed by atoms with Gasteiger partial charge >= 0.3 is 0 Å². The summed E-state index contributed by atoms with van der Waals surface area (Å²) in [5, 5.41) is 22.0. The molecule has 0 radical (unpaired) electrons. The Labute approximate surface area is 157 Å². The molecule has 3 aromatic rings. The largest absolute Gasteiger partial charge is 0.374 e. The van der Waals surface area contributed by atoms with E-state index in [0.29, 0.717) is 11.7 Å². The van der Waals surface area contributed by atoms with E-state index in [0.717, 1.165) is 42.7 Å². The highest BCUT2D eigenvalue weighted by Crippen LogP contribution is 2.37. The van der Waals surface area contributed by atoms with E-state index in [1.807, 2.05) is 19.3 Å². The normalized spacial score (nSPS) is 20.4. The van der Waals surface area contributed by atoms with Crippen LogP contribution in [0, 0.1) is 0 Å². The van der Waals surface area contributed by atoms with E-state index in [9.17, 15) is 5.11 Å². The lowest BCUT2D eigenvalue weighted by Crippen LogP contribution is -2.24. The highest BCUT2D eigenvalue weighted by atomic mass is 16.5. The molecule has 2 aromatic heterocycles. The maximum Gasteiger partial charge on any atom is 0.230 e. The number of aromatic nitrogens is 4. The molecule has 1 fully saturated rings. The molecule has 7 heteroatoms. The van der Waals surface area contributed by atoms with Crippen molar-refractivity contribution in [2.75, 3.05) is 0 Å². The summed E-state index contributed by atoms with van der Waals surface area (Å²) in [6, 6.07) is 6.44. The van der Waals surface area contributed by atoms with E-state index in [-0.39, 0.29) is 6.04 Å². The van der Waals surface area contributed by atoms with Gasteiger partial charge in [-0.05, 0) is 42.9 Å². The summed E-state index contributed by atoms with van der Waals surface area (Å²) in [4.78, 5) is 4.59. The number of aliphatic hydroxyl groups excluding tert-OH is 1. The molecule has 2 aliphatic rings. The molecule has 2 aliphatic carbocycles. The van der Waals surface area contributed by atoms with Crippen LogP contribution in [0.4, 0.5) is 0 Å². The van der Waals surface area contributed by atoms with Crippen molar-refractivity contribution in [2.24, 2.45) is 7.05 Å². The Kier molecular flexibility index (Phi) is 4.06. The number of rotatable bonds is 5. The fraction of sp³-hybridized carbons (Fsp3) is 0.450. The molecule has 0 amide bonds. The van der Waals surface area contributed by atoms with Crippen molar-refractivity contribution < 1.29 is 9.63 Å². The quantitative estimate of drug-likeness (QED) is 0.676. The lowest BCUT2D eigenvalue weighted by molar-refractivity contribution is 0.123. The third-order valence-corrected chi connectivity index (χ3v) is 5.77. The second kappa shape index (κ2) is 6.58. The van der Waals surface area contributed by atoms with Crippen LogP contribution in [0.1, 0.15) is 66.5 Å². The second-order valence-electron chi connectivity index (χ2n) is 7.61. The summed E-state index contributed by atoms with van der Waals surface area (Å²) in [5.74, 6) is 1.89. The molecule has 2 atom stereocenters. The zero-order valence-corrected chi connectivity index (χ0v) is 15.3. The van der Waals surface area contributed by atoms with Gasteiger partial charge < -0.3 is 9.63 Å². The van der Waals surface area contributed by atoms with Crippen molar-refractivity contribution in [1.82, 2.24) is 25.2 Å². The van der Waals surface area contributed by atoms with Crippen LogP contribution in [0.5, 0.6) is 0 Å². The summed E-state index contributed by atoms with van der Waals surface area (Å²) in [6.07, 6.45) is 8.26. The lowest BCUT2D eigenvalue weighted by Gasteiger charge is -2.20. The monoisotopic (exact) mass is 365 g/mol. The fourth-order valence-corrected chi connectivity index (χ4v) is 3.97. The van der Waals surface area contributed by atoms with Crippen LogP contribution in [0.15, 0.2) is 35.1 Å². The highest BCUT2D eigenvalue weighted by molar-refractivity contribution is 5.58. The Balaban J connectivity index is 1.33. The standard InChI is InChI=1S/C20H23N5O2/c1-25-11-15(10-21-25)19(26)22-17-8-6-13-9-14(5-7-16(13)17)18-23-20(27-24-18)12-3-2-4-12/h5,7,9-12,17,19,22,26H,2-4,6,8H2,1H3/t17-,19?/m1/s1. The number of hydrogen-bond acceptors (Lipinski definition) is 6. The van der Waals surface area contributed by atoms with Crippen LogP contribution >= 0.6 is 0 Å². The molecule has 1 unspecified atom stereocenters. The SMILES string of the molecule is Cn1cc(C(O)N[C@@H]2CCc3cc(-c4noc(C5CCC5)n4)ccc32)cn1. The first kappa shape index (κ1) is 16.6. The lowest BCUT2D eigenvalue weighted by atomic mass is 9.85. The van der Waals surface area contributed by atoms with Crippen molar-refractivity contribution in [3.63, 3.8) is 0 Å². The minimum absolute atomic E-state index is 0.125. The third kappa shape index (κ3) is 3.07. The van der Waals surface area contributed by atoms with Gasteiger partial charge in [0.1, 0.15) is 6.23 Å². The van der Waals surface area contributed by atoms with E-state index in [2.05, 4.69) is 32.7 Å². The van der Waals surface area contributed by atoms with Crippen molar-refractivity contribution in [1.29, 1.82) is 0 Å². The number of fused-ring (bicyclic) bond motifs is 1. The van der Waals surface area contributed by atoms with Crippen LogP contribution in [0.2, 0.25) is 0 Å². The molecule has 0 saturated heterocycles. The van der Waals surface area contributed by atoms with Gasteiger partial charge in [-0.15, -0.1) is 0 Å². The number of benzene rings is 1. The predicted octanol–water partition coefficient (Wildman–Crippen LogP) is 3.01. The summed E-state index contributed by atoms with van der Waals surface area (Å²) in [7, 11) is 1.84. The Morgan fingerprint density at radius 3 is 2.93 bits per heavy atom. The summed E-state index contributed by atoms with van der Waals surface area (Å²) < 4.78 is 7.15. The average Bonchev–Trinajstić information content (AvgIpc) is 3.34. The van der Waals surface area contributed by atoms with Crippen molar-refractivity contribution in [3.05, 3.63) is 53.2 Å². The molecule has 2 N–H and O–H groups in total. The van der Waals surface area contributed by atoms with E-state index in [4.69, 9.17) is 4.52 Å². The van der Waals surface area contributed by atoms with Gasteiger partial charge in [-0.2, -0.15) is 10.1 Å². The van der Waals surface area contributed by atoms with Crippen LogP contribution in [-0.4, -0.2) is 25.0 Å². The third-order valence-electron chi connectivity index (χ3n) is 5.77. The van der Waals surface area contributed by atoms with Crippen molar-refractivity contribution in [2.45, 2.75) is 50.3 Å². The molecule has 0 spiro atoms. The predicted molar refractivity (Wildman–Crippen MR) is 98.7 cm³/mol. The number of hydrogen-bond donors (Lipinski definition) is 2. The average molecular weight is 365 g/mol. The van der Waals surface area contributed by atoms with Gasteiger partial charge in [-0.25, -0.2) is 0 Å². The molecule has 0 bridgehead atoms. The van der Waals surface area contributed by atoms with Gasteiger partial charge in [-0.3, -0.25) is 10.00 Å². The van der Waals surface area contributed by atoms with Gasteiger partial charge in [0.15, 0.2) is 0 Å². The van der Waals surface area contributed by atoms with E-state index < -0.39 is 6.23 Å². The Bertz CT molecular complexity index is 959. The Hall–Kier alpha value is -2.51. The number of nitrogens with zero attached hydrogens (tertiary/aromatic N) is 4. The molecule has 0 aliphatic heterocycles. The summed E-state index contributed by atoms with van der Waals surface area (Å²) in [5.41, 5.74) is 4.28. The second-order valence-corrected chi connectivity index (χ2v) is 7.61. The zero-order valence-electron chi connectivity index (χ0n) is 15.3. The molecule has 7 nitrogen and oxygen atoms in total. The Morgan fingerprint density at radius 2 is 2.19 bits per heavy atom. The van der Waals surface area contributed by atoms with Crippen LogP contribution in [-0.2, 0) is 13.5 Å². The van der Waals surface area contributed by atoms with Gasteiger partial charge in [0.25, 0.3) is 0 Å². The summed E-state index contributed by atoms with van der Waals surface area (Å²) >= 11 is 0. The molecule has 2 heterocycles. The first-order valence-corrected chi connectivity index (χ1v) is 9.57. The van der Waals surface area contributed by atoms with Crippen LogP contribution in [0.3, 0.4) is 0 Å². The van der Waals surface area contributed by atoms with E-state index >= 15 is 0 Å². The van der Waals surface area contributed by atoms with Crippen molar-refractivity contribution in [3.8, 4) is 11.4 Å². The van der Waals surface area contributed by atoms with E-state index in [1.165, 1.54) is 17.5 Å². The maximum atomic E-state index is 10.4. The van der Waals surface area contributed by atoms with E-state index in [1.54, 1.807) is 10.9 Å². The molecular formula is C20H23N5O2. The van der Waals surface area contributed by atoms with Gasteiger partial charge in [0, 0.05) is 36.3 Å². The maximum absolute atomic E-state index is 10.4. The number of aryl methyl sites for hydroxylation is 2. The van der Waals surface area contributed by atoms with Crippen LogP contribution in [0.25, 0.3) is 11.4 Å². The Morgan fingerprint density at radius 1 is 1.30 bits per heavy atom. The van der Waals surface area contributed by atoms with Crippen LogP contribution < -0.4 is 5.32 Å². The number of nitrogens with one attached hydrogen (secondary N) is 1. The minimum atomic E-state index is -0.725. The molecule has 5 rings (SSSR count). The topological polar surface area (TPSA) is 89.0 Å². The molecule has 1 aromatic carbocycles. The summed E-state index contributed by atoms with van der Waals surface area (Å²) in [6.45, 7) is 0. The molecule has 27 heavy (non-hydrogen) atoms. The fourth-order valence-electron chi connectivity index (χ4n) is 3.97. The molecular weight excluding hydrogens is 342 g/mol. The molecule has 140 valence electrons.